The third-order valence-electron chi connectivity index (χ3n) is 6.56. The number of fused-ring (bicyclic) bond motifs is 2. The molecule has 6 nitrogen and oxygen atoms in total. The summed E-state index contributed by atoms with van der Waals surface area (Å²) < 4.78 is 46.0. The summed E-state index contributed by atoms with van der Waals surface area (Å²) in [7, 11) is 0. The Labute approximate surface area is 194 Å². The van der Waals surface area contributed by atoms with Crippen molar-refractivity contribution in [3.05, 3.63) is 69.5 Å². The van der Waals surface area contributed by atoms with Crippen LogP contribution in [0.5, 0.6) is 5.75 Å². The van der Waals surface area contributed by atoms with Crippen molar-refractivity contribution in [2.75, 3.05) is 5.32 Å². The second kappa shape index (κ2) is 8.70. The fourth-order valence-corrected chi connectivity index (χ4v) is 4.47. The van der Waals surface area contributed by atoms with Gasteiger partial charge in [0.25, 0.3) is 0 Å². The molecule has 1 aliphatic heterocycles. The Balaban J connectivity index is 1.66. The molecule has 1 atom stereocenters. The molecule has 2 aromatic carbocycles. The molecule has 1 aromatic heterocycles. The molecule has 0 radical (unpaired) electrons. The maximum absolute atomic E-state index is 13.3. The number of pyridine rings is 1. The van der Waals surface area contributed by atoms with Crippen LogP contribution in [-0.2, 0) is 6.18 Å². The van der Waals surface area contributed by atoms with E-state index >= 15 is 0 Å². The van der Waals surface area contributed by atoms with Gasteiger partial charge in [-0.15, -0.1) is 0 Å². The molecule has 3 N–H and O–H groups in total. The summed E-state index contributed by atoms with van der Waals surface area (Å²) in [6, 6.07) is 8.91. The molecular formula is C25H26F3N3O3. The van der Waals surface area contributed by atoms with Crippen molar-refractivity contribution in [2.45, 2.75) is 57.9 Å². The van der Waals surface area contributed by atoms with E-state index in [-0.39, 0.29) is 11.3 Å². The smallest absolute Gasteiger partial charge is 0.416 e. The standard InChI is InChI=1S/C25H26F3N3O3/c1-4-24(5-2)13-19(16-8-7-15(25(26,27)28)12-20(16)34-24)30-23(33)31-22-14(3)6-10-18-17(22)9-11-21(32)29-18/h6-12,19H,4-5,13H2,1-3H3,(H,29,32)(H2,30,31,33)/t19-/m1/s1. The van der Waals surface area contributed by atoms with Crippen molar-refractivity contribution in [1.82, 2.24) is 10.3 Å². The molecule has 0 saturated carbocycles. The molecule has 34 heavy (non-hydrogen) atoms. The summed E-state index contributed by atoms with van der Waals surface area (Å²) in [6.45, 7) is 5.67. The summed E-state index contributed by atoms with van der Waals surface area (Å²) >= 11 is 0. The molecule has 0 fully saturated rings. The Morgan fingerprint density at radius 1 is 1.15 bits per heavy atom. The normalized spacial score (nSPS) is 17.1. The highest BCUT2D eigenvalue weighted by molar-refractivity contribution is 6.01. The van der Waals surface area contributed by atoms with Crippen molar-refractivity contribution in [2.24, 2.45) is 0 Å². The van der Waals surface area contributed by atoms with Crippen LogP contribution in [0.3, 0.4) is 0 Å². The van der Waals surface area contributed by atoms with Crippen molar-refractivity contribution >= 4 is 22.6 Å². The Morgan fingerprint density at radius 3 is 2.56 bits per heavy atom. The second-order valence-electron chi connectivity index (χ2n) is 8.64. The average Bonchev–Trinajstić information content (AvgIpc) is 2.79. The van der Waals surface area contributed by atoms with Crippen LogP contribution in [0.1, 0.15) is 55.8 Å². The number of nitrogens with one attached hydrogen (secondary N) is 3. The number of H-pyrrole nitrogens is 1. The molecule has 2 heterocycles. The third-order valence-corrected chi connectivity index (χ3v) is 6.56. The van der Waals surface area contributed by atoms with Gasteiger partial charge in [-0.05, 0) is 49.6 Å². The van der Waals surface area contributed by atoms with Crippen molar-refractivity contribution in [3.63, 3.8) is 0 Å². The van der Waals surface area contributed by atoms with Crippen LogP contribution in [0.2, 0.25) is 0 Å². The zero-order valence-electron chi connectivity index (χ0n) is 19.1. The molecule has 2 amide bonds. The Hall–Kier alpha value is -3.49. The van der Waals surface area contributed by atoms with Crippen LogP contribution in [-0.4, -0.2) is 16.6 Å². The van der Waals surface area contributed by atoms with E-state index in [1.807, 2.05) is 20.8 Å². The number of anilines is 1. The highest BCUT2D eigenvalue weighted by Gasteiger charge is 2.41. The topological polar surface area (TPSA) is 83.2 Å². The van der Waals surface area contributed by atoms with Gasteiger partial charge in [0.15, 0.2) is 0 Å². The van der Waals surface area contributed by atoms with Gasteiger partial charge in [-0.3, -0.25) is 4.79 Å². The highest BCUT2D eigenvalue weighted by Crippen LogP contribution is 2.45. The quantitative estimate of drug-likeness (QED) is 0.431. The average molecular weight is 473 g/mol. The van der Waals surface area contributed by atoms with E-state index in [1.54, 1.807) is 18.2 Å². The number of halogens is 3. The molecule has 9 heteroatoms. The number of benzene rings is 2. The van der Waals surface area contributed by atoms with E-state index < -0.39 is 29.4 Å². The van der Waals surface area contributed by atoms with E-state index in [0.717, 1.165) is 17.7 Å². The highest BCUT2D eigenvalue weighted by atomic mass is 19.4. The van der Waals surface area contributed by atoms with E-state index in [2.05, 4.69) is 15.6 Å². The lowest BCUT2D eigenvalue weighted by molar-refractivity contribution is -0.137. The lowest BCUT2D eigenvalue weighted by Crippen LogP contribution is -2.45. The second-order valence-corrected chi connectivity index (χ2v) is 8.64. The summed E-state index contributed by atoms with van der Waals surface area (Å²) in [4.78, 5) is 27.4. The van der Waals surface area contributed by atoms with Crippen molar-refractivity contribution in [3.8, 4) is 5.75 Å². The molecule has 0 aliphatic carbocycles. The maximum Gasteiger partial charge on any atom is 0.416 e. The number of aryl methyl sites for hydroxylation is 1. The zero-order chi connectivity index (χ0) is 24.7. The Morgan fingerprint density at radius 2 is 1.88 bits per heavy atom. The largest absolute Gasteiger partial charge is 0.487 e. The fourth-order valence-electron chi connectivity index (χ4n) is 4.47. The van der Waals surface area contributed by atoms with E-state index in [1.165, 1.54) is 12.1 Å². The van der Waals surface area contributed by atoms with Crippen LogP contribution < -0.4 is 20.9 Å². The van der Waals surface area contributed by atoms with Gasteiger partial charge in [0, 0.05) is 23.4 Å². The number of aromatic amines is 1. The number of hydrogen-bond acceptors (Lipinski definition) is 3. The predicted octanol–water partition coefficient (Wildman–Crippen LogP) is 6.06. The number of carbonyl (C=O) groups excluding carboxylic acids is 1. The van der Waals surface area contributed by atoms with Gasteiger partial charge in [-0.25, -0.2) is 4.79 Å². The molecule has 180 valence electrons. The molecular weight excluding hydrogens is 447 g/mol. The third kappa shape index (κ3) is 4.47. The van der Waals surface area contributed by atoms with Gasteiger partial charge < -0.3 is 20.4 Å². The van der Waals surface area contributed by atoms with Crippen LogP contribution in [0.15, 0.2) is 47.3 Å². The number of ether oxygens (including phenoxy) is 1. The monoisotopic (exact) mass is 473 g/mol. The van der Waals surface area contributed by atoms with E-state index in [9.17, 15) is 22.8 Å². The molecule has 3 aromatic rings. The van der Waals surface area contributed by atoms with Gasteiger partial charge in [0.2, 0.25) is 5.56 Å². The molecule has 0 saturated heterocycles. The Bertz CT molecular complexity index is 1300. The van der Waals surface area contributed by atoms with Gasteiger partial charge in [-0.2, -0.15) is 13.2 Å². The minimum absolute atomic E-state index is 0.133. The maximum atomic E-state index is 13.3. The van der Waals surface area contributed by atoms with Gasteiger partial charge in [-0.1, -0.05) is 26.0 Å². The number of rotatable bonds is 4. The summed E-state index contributed by atoms with van der Waals surface area (Å²) in [5, 5.41) is 6.46. The number of amides is 2. The zero-order valence-corrected chi connectivity index (χ0v) is 19.1. The first-order valence-electron chi connectivity index (χ1n) is 11.2. The number of urea groups is 1. The number of aromatic nitrogens is 1. The van der Waals surface area contributed by atoms with Crippen molar-refractivity contribution < 1.29 is 22.7 Å². The van der Waals surface area contributed by atoms with Gasteiger partial charge in [0.05, 0.1) is 22.8 Å². The number of hydrogen-bond donors (Lipinski definition) is 3. The summed E-state index contributed by atoms with van der Waals surface area (Å²) in [5.74, 6) is 0.133. The number of carbonyl (C=O) groups is 1. The minimum atomic E-state index is -4.50. The van der Waals surface area contributed by atoms with Gasteiger partial charge >= 0.3 is 12.2 Å². The predicted molar refractivity (Wildman–Crippen MR) is 124 cm³/mol. The van der Waals surface area contributed by atoms with Crippen molar-refractivity contribution in [1.29, 1.82) is 0 Å². The lowest BCUT2D eigenvalue weighted by Gasteiger charge is -2.42. The summed E-state index contributed by atoms with van der Waals surface area (Å²) in [5.41, 5.74) is 0.693. The number of alkyl halides is 3. The van der Waals surface area contributed by atoms with E-state index in [0.29, 0.717) is 41.4 Å². The lowest BCUT2D eigenvalue weighted by atomic mass is 9.83. The van der Waals surface area contributed by atoms with E-state index in [4.69, 9.17) is 4.74 Å². The van der Waals surface area contributed by atoms with Crippen LogP contribution in [0, 0.1) is 6.92 Å². The molecule has 0 unspecified atom stereocenters. The molecule has 4 rings (SSSR count). The minimum Gasteiger partial charge on any atom is -0.487 e. The SMILES string of the molecule is CCC1(CC)C[C@@H](NC(=O)Nc2c(C)ccc3[nH]c(=O)ccc23)c2ccc(C(F)(F)F)cc2O1. The Kier molecular flexibility index (Phi) is 6.05. The first-order chi connectivity index (χ1) is 16.0. The van der Waals surface area contributed by atoms with Crippen LogP contribution in [0.25, 0.3) is 10.9 Å². The molecule has 0 bridgehead atoms. The summed E-state index contributed by atoms with van der Waals surface area (Å²) in [6.07, 6.45) is -2.92. The van der Waals surface area contributed by atoms with Gasteiger partial charge in [0.1, 0.15) is 11.4 Å². The first kappa shape index (κ1) is 23.7. The fraction of sp³-hybridized carbons (Fsp3) is 0.360. The first-order valence-corrected chi connectivity index (χ1v) is 11.2. The molecule has 1 aliphatic rings. The molecule has 0 spiro atoms. The van der Waals surface area contributed by atoms with Crippen LogP contribution in [0.4, 0.5) is 23.7 Å². The van der Waals surface area contributed by atoms with Crippen LogP contribution >= 0.6 is 0 Å².